The van der Waals surface area contributed by atoms with E-state index in [1.165, 1.54) is 23.2 Å². The van der Waals surface area contributed by atoms with E-state index < -0.39 is 24.1 Å². The Morgan fingerprint density at radius 2 is 1.85 bits per heavy atom. The van der Waals surface area contributed by atoms with Gasteiger partial charge in [0.2, 0.25) is 0 Å². The van der Waals surface area contributed by atoms with Gasteiger partial charge in [-0.3, -0.25) is 4.79 Å². The number of aromatic nitrogens is 1. The number of urea groups is 1. The molecule has 10 heteroatoms. The molecule has 0 spiro atoms. The lowest BCUT2D eigenvalue weighted by Crippen LogP contribution is -2.32. The molecule has 2 aromatic rings. The highest BCUT2D eigenvalue weighted by molar-refractivity contribution is 6.29. The fourth-order valence-corrected chi connectivity index (χ4v) is 2.68. The van der Waals surface area contributed by atoms with Crippen molar-refractivity contribution in [3.05, 3.63) is 53.3 Å². The summed E-state index contributed by atoms with van der Waals surface area (Å²) in [6.45, 7) is -0.00183. The lowest BCUT2D eigenvalue weighted by atomic mass is 10.2. The molecule has 26 heavy (non-hydrogen) atoms. The number of benzene rings is 1. The van der Waals surface area contributed by atoms with Crippen molar-refractivity contribution in [2.75, 3.05) is 11.4 Å². The highest BCUT2D eigenvalue weighted by Gasteiger charge is 2.37. The number of alkyl halides is 3. The maximum absolute atomic E-state index is 12.5. The number of hydrogen-bond acceptors (Lipinski definition) is 4. The predicted octanol–water partition coefficient (Wildman–Crippen LogP) is 3.60. The molecular weight excluding hydrogens is 375 g/mol. The fourth-order valence-electron chi connectivity index (χ4n) is 2.49. The van der Waals surface area contributed by atoms with E-state index in [9.17, 15) is 22.8 Å². The minimum absolute atomic E-state index is 0.151. The molecule has 1 aromatic carbocycles. The molecule has 0 saturated carbocycles. The Morgan fingerprint density at radius 3 is 2.46 bits per heavy atom. The zero-order chi connectivity index (χ0) is 18.9. The first-order chi connectivity index (χ1) is 12.2. The minimum atomic E-state index is -4.82. The third-order valence-corrected chi connectivity index (χ3v) is 3.74. The number of hydrogen-bond donors (Lipinski definition) is 0. The molecule has 3 rings (SSSR count). The second kappa shape index (κ2) is 6.83. The monoisotopic (exact) mass is 385 g/mol. The second-order valence-corrected chi connectivity index (χ2v) is 5.78. The Labute approximate surface area is 150 Å². The van der Waals surface area contributed by atoms with Crippen molar-refractivity contribution in [1.29, 1.82) is 0 Å². The summed E-state index contributed by atoms with van der Waals surface area (Å²) < 4.78 is 40.3. The Kier molecular flexibility index (Phi) is 4.73. The van der Waals surface area contributed by atoms with Crippen LogP contribution in [0.1, 0.15) is 5.56 Å². The first-order valence-corrected chi connectivity index (χ1v) is 7.69. The average Bonchev–Trinajstić information content (AvgIpc) is 2.81. The van der Waals surface area contributed by atoms with Gasteiger partial charge in [0.15, 0.2) is 0 Å². The molecule has 1 saturated heterocycles. The second-order valence-electron chi connectivity index (χ2n) is 5.40. The number of pyridine rings is 1. The van der Waals surface area contributed by atoms with Gasteiger partial charge in [-0.2, -0.15) is 0 Å². The third-order valence-electron chi connectivity index (χ3n) is 3.53. The first kappa shape index (κ1) is 18.0. The van der Waals surface area contributed by atoms with Crippen LogP contribution in [-0.2, 0) is 11.3 Å². The number of nitrogens with zero attached hydrogens (tertiary/aromatic N) is 3. The summed E-state index contributed by atoms with van der Waals surface area (Å²) in [6.07, 6.45) is -3.33. The van der Waals surface area contributed by atoms with Gasteiger partial charge in [0.25, 0.3) is 5.91 Å². The zero-order valence-corrected chi connectivity index (χ0v) is 13.8. The Bertz CT molecular complexity index is 843. The van der Waals surface area contributed by atoms with Crippen molar-refractivity contribution >= 4 is 29.2 Å². The van der Waals surface area contributed by atoms with Crippen molar-refractivity contribution in [3.8, 4) is 5.75 Å². The van der Waals surface area contributed by atoms with Gasteiger partial charge in [0.1, 0.15) is 17.4 Å². The molecule has 136 valence electrons. The molecule has 6 nitrogen and oxygen atoms in total. The summed E-state index contributed by atoms with van der Waals surface area (Å²) >= 11 is 5.80. The molecule has 1 aliphatic heterocycles. The van der Waals surface area contributed by atoms with Crippen molar-refractivity contribution in [1.82, 2.24) is 9.88 Å². The van der Waals surface area contributed by atoms with E-state index in [1.54, 1.807) is 12.1 Å². The molecular formula is C16H11ClF3N3O3. The van der Waals surface area contributed by atoms with Crippen molar-refractivity contribution in [3.63, 3.8) is 0 Å². The number of amides is 3. The van der Waals surface area contributed by atoms with Gasteiger partial charge in [-0.1, -0.05) is 11.6 Å². The van der Waals surface area contributed by atoms with E-state index in [0.717, 1.165) is 17.0 Å². The average molecular weight is 386 g/mol. The summed E-state index contributed by atoms with van der Waals surface area (Å²) in [5.41, 5.74) is 0.853. The molecule has 0 atom stereocenters. The number of imide groups is 1. The molecule has 1 aromatic heterocycles. The molecule has 3 amide bonds. The molecule has 0 aliphatic carbocycles. The van der Waals surface area contributed by atoms with Crippen LogP contribution >= 0.6 is 11.6 Å². The largest absolute Gasteiger partial charge is 0.573 e. The fraction of sp³-hybridized carbons (Fsp3) is 0.188. The molecule has 0 radical (unpaired) electrons. The van der Waals surface area contributed by atoms with Gasteiger partial charge in [0.05, 0.1) is 5.69 Å². The number of carbonyl (C=O) groups excluding carboxylic acids is 2. The molecule has 1 fully saturated rings. The maximum Gasteiger partial charge on any atom is 0.573 e. The van der Waals surface area contributed by atoms with Crippen LogP contribution in [0.5, 0.6) is 5.75 Å². The Hall–Kier alpha value is -2.81. The van der Waals surface area contributed by atoms with Crippen LogP contribution < -0.4 is 9.64 Å². The highest BCUT2D eigenvalue weighted by atomic mass is 35.5. The highest BCUT2D eigenvalue weighted by Crippen LogP contribution is 2.28. The van der Waals surface area contributed by atoms with Gasteiger partial charge in [-0.25, -0.2) is 14.7 Å². The molecule has 0 unspecified atom stereocenters. The van der Waals surface area contributed by atoms with Crippen molar-refractivity contribution < 1.29 is 27.5 Å². The Balaban J connectivity index is 1.74. The summed E-state index contributed by atoms with van der Waals surface area (Å²) in [5.74, 6) is -0.928. The van der Waals surface area contributed by atoms with Gasteiger partial charge in [0, 0.05) is 12.7 Å². The van der Waals surface area contributed by atoms with Crippen molar-refractivity contribution in [2.45, 2.75) is 12.9 Å². The summed E-state index contributed by atoms with van der Waals surface area (Å²) in [7, 11) is 0. The smallest absolute Gasteiger partial charge is 0.406 e. The van der Waals surface area contributed by atoms with Gasteiger partial charge < -0.3 is 9.64 Å². The van der Waals surface area contributed by atoms with Crippen LogP contribution in [0.15, 0.2) is 42.6 Å². The van der Waals surface area contributed by atoms with Crippen LogP contribution in [0.3, 0.4) is 0 Å². The zero-order valence-electron chi connectivity index (χ0n) is 13.0. The van der Waals surface area contributed by atoms with E-state index in [2.05, 4.69) is 9.72 Å². The first-order valence-electron chi connectivity index (χ1n) is 7.31. The lowest BCUT2D eigenvalue weighted by molar-refractivity contribution is -0.274. The third kappa shape index (κ3) is 4.05. The number of carbonyl (C=O) groups is 2. The minimum Gasteiger partial charge on any atom is -0.406 e. The van der Waals surface area contributed by atoms with Gasteiger partial charge in [-0.15, -0.1) is 13.2 Å². The topological polar surface area (TPSA) is 62.7 Å². The summed E-state index contributed by atoms with van der Waals surface area (Å²) in [4.78, 5) is 30.7. The van der Waals surface area contributed by atoms with Gasteiger partial charge in [-0.05, 0) is 42.0 Å². The van der Waals surface area contributed by atoms with E-state index in [4.69, 9.17) is 11.6 Å². The number of ether oxygens (including phenoxy) is 1. The van der Waals surface area contributed by atoms with Crippen LogP contribution in [0.25, 0.3) is 0 Å². The van der Waals surface area contributed by atoms with Crippen LogP contribution in [-0.4, -0.2) is 34.7 Å². The Morgan fingerprint density at radius 1 is 1.15 bits per heavy atom. The standard InChI is InChI=1S/C16H11ClF3N3O3/c17-13-7-10(5-6-21-13)8-22-9-14(24)23(15(22)25)11-1-3-12(4-2-11)26-16(18,19)20/h1-7H,8-9H2. The van der Waals surface area contributed by atoms with E-state index in [0.29, 0.717) is 5.56 Å². The van der Waals surface area contributed by atoms with E-state index in [-0.39, 0.29) is 23.9 Å². The van der Waals surface area contributed by atoms with Crippen LogP contribution in [0, 0.1) is 0 Å². The normalized spacial score (nSPS) is 14.9. The van der Waals surface area contributed by atoms with E-state index >= 15 is 0 Å². The number of halogens is 4. The summed E-state index contributed by atoms with van der Waals surface area (Å²) in [5, 5.41) is 0.262. The predicted molar refractivity (Wildman–Crippen MR) is 85.7 cm³/mol. The SMILES string of the molecule is O=C1CN(Cc2ccnc(Cl)c2)C(=O)N1c1ccc(OC(F)(F)F)cc1. The van der Waals surface area contributed by atoms with E-state index in [1.807, 2.05) is 0 Å². The number of anilines is 1. The van der Waals surface area contributed by atoms with Gasteiger partial charge >= 0.3 is 12.4 Å². The summed E-state index contributed by atoms with van der Waals surface area (Å²) in [6, 6.07) is 7.16. The number of rotatable bonds is 4. The van der Waals surface area contributed by atoms with Crippen LogP contribution in [0.2, 0.25) is 5.15 Å². The van der Waals surface area contributed by atoms with Crippen LogP contribution in [0.4, 0.5) is 23.7 Å². The molecule has 0 N–H and O–H groups in total. The van der Waals surface area contributed by atoms with Crippen molar-refractivity contribution in [2.24, 2.45) is 0 Å². The molecule has 0 bridgehead atoms. The molecule has 2 heterocycles. The molecule has 1 aliphatic rings. The maximum atomic E-state index is 12.5. The quantitative estimate of drug-likeness (QED) is 0.596. The lowest BCUT2D eigenvalue weighted by Gasteiger charge is -2.17.